The van der Waals surface area contributed by atoms with Gasteiger partial charge in [-0.25, -0.2) is 13.6 Å². The van der Waals surface area contributed by atoms with E-state index in [9.17, 15) is 18.4 Å². The van der Waals surface area contributed by atoms with Crippen LogP contribution in [0.2, 0.25) is 0 Å². The number of aryl methyl sites for hydroxylation is 1. The number of carbonyl (C=O) groups is 2. The highest BCUT2D eigenvalue weighted by molar-refractivity contribution is 5.88. The lowest BCUT2D eigenvalue weighted by atomic mass is 10.1. The fourth-order valence-corrected chi connectivity index (χ4v) is 1.16. The van der Waals surface area contributed by atoms with Crippen molar-refractivity contribution >= 4 is 12.3 Å². The summed E-state index contributed by atoms with van der Waals surface area (Å²) >= 11 is 0. The zero-order valence-electron chi connectivity index (χ0n) is 7.67. The minimum Gasteiger partial charge on any atom is -0.478 e. The first-order chi connectivity index (χ1) is 7.07. The van der Waals surface area contributed by atoms with E-state index in [4.69, 9.17) is 5.11 Å². The molecule has 15 heavy (non-hydrogen) atoms. The minimum atomic E-state index is -1.52. The first-order valence-corrected chi connectivity index (χ1v) is 4.21. The van der Waals surface area contributed by atoms with E-state index >= 15 is 0 Å². The molecule has 5 heteroatoms. The third-order valence-corrected chi connectivity index (χ3v) is 1.92. The second-order valence-electron chi connectivity index (χ2n) is 2.91. The fourth-order valence-electron chi connectivity index (χ4n) is 1.16. The van der Waals surface area contributed by atoms with E-state index in [0.29, 0.717) is 6.29 Å². The lowest BCUT2D eigenvalue weighted by molar-refractivity contribution is -0.107. The number of aromatic carboxylic acids is 1. The van der Waals surface area contributed by atoms with Gasteiger partial charge in [-0.05, 0) is 18.1 Å². The number of rotatable bonds is 4. The molecule has 0 radical (unpaired) electrons. The summed E-state index contributed by atoms with van der Waals surface area (Å²) in [4.78, 5) is 20.5. The van der Waals surface area contributed by atoms with Crippen LogP contribution in [0.15, 0.2) is 12.1 Å². The van der Waals surface area contributed by atoms with Crippen LogP contribution in [0, 0.1) is 11.6 Å². The Balaban J connectivity index is 3.09. The Bertz CT molecular complexity index is 402. The molecule has 0 aliphatic rings. The first-order valence-electron chi connectivity index (χ1n) is 4.21. The topological polar surface area (TPSA) is 54.4 Å². The van der Waals surface area contributed by atoms with Crippen molar-refractivity contribution in [1.29, 1.82) is 0 Å². The van der Waals surface area contributed by atoms with E-state index in [1.165, 1.54) is 6.07 Å². The Morgan fingerprint density at radius 1 is 1.33 bits per heavy atom. The van der Waals surface area contributed by atoms with Gasteiger partial charge in [-0.2, -0.15) is 0 Å². The first kappa shape index (κ1) is 11.3. The van der Waals surface area contributed by atoms with Crippen molar-refractivity contribution in [2.75, 3.05) is 0 Å². The quantitative estimate of drug-likeness (QED) is 0.777. The van der Waals surface area contributed by atoms with E-state index in [-0.39, 0.29) is 18.4 Å². The Morgan fingerprint density at radius 2 is 2.00 bits per heavy atom. The van der Waals surface area contributed by atoms with Crippen LogP contribution in [0.25, 0.3) is 0 Å². The van der Waals surface area contributed by atoms with Gasteiger partial charge < -0.3 is 9.90 Å². The van der Waals surface area contributed by atoms with E-state index in [2.05, 4.69) is 0 Å². The van der Waals surface area contributed by atoms with Crippen molar-refractivity contribution in [3.63, 3.8) is 0 Å². The molecule has 0 aliphatic carbocycles. The molecule has 1 N–H and O–H groups in total. The van der Waals surface area contributed by atoms with Crippen molar-refractivity contribution in [3.8, 4) is 0 Å². The molecule has 0 saturated heterocycles. The van der Waals surface area contributed by atoms with Crippen LogP contribution in [0.3, 0.4) is 0 Å². The summed E-state index contributed by atoms with van der Waals surface area (Å²) in [6.45, 7) is 0. The van der Waals surface area contributed by atoms with Crippen molar-refractivity contribution < 1.29 is 23.5 Å². The molecule has 0 heterocycles. The number of carboxylic acid groups (broad SMARTS) is 1. The van der Waals surface area contributed by atoms with Crippen molar-refractivity contribution in [2.24, 2.45) is 0 Å². The molecule has 0 atom stereocenters. The molecule has 3 nitrogen and oxygen atoms in total. The molecule has 1 aromatic rings. The van der Waals surface area contributed by atoms with Crippen LogP contribution < -0.4 is 0 Å². The number of halogens is 2. The van der Waals surface area contributed by atoms with Crippen LogP contribution in [0.1, 0.15) is 22.3 Å². The summed E-state index contributed by atoms with van der Waals surface area (Å²) in [5, 5.41) is 8.49. The van der Waals surface area contributed by atoms with Gasteiger partial charge in [0, 0.05) is 6.42 Å². The van der Waals surface area contributed by atoms with Gasteiger partial charge in [-0.1, -0.05) is 6.07 Å². The van der Waals surface area contributed by atoms with Gasteiger partial charge in [0.1, 0.15) is 6.29 Å². The molecule has 1 rings (SSSR count). The van der Waals surface area contributed by atoms with Gasteiger partial charge in [0.2, 0.25) is 0 Å². The average Bonchev–Trinajstić information content (AvgIpc) is 2.20. The summed E-state index contributed by atoms with van der Waals surface area (Å²) in [6.07, 6.45) is 0.720. The van der Waals surface area contributed by atoms with Crippen LogP contribution in [0.5, 0.6) is 0 Å². The minimum absolute atomic E-state index is 0.00426. The molecule has 0 fully saturated rings. The lowest BCUT2D eigenvalue weighted by Crippen LogP contribution is -2.05. The van der Waals surface area contributed by atoms with Gasteiger partial charge in [0.25, 0.3) is 0 Å². The molecule has 0 aromatic heterocycles. The summed E-state index contributed by atoms with van der Waals surface area (Å²) in [7, 11) is 0. The summed E-state index contributed by atoms with van der Waals surface area (Å²) in [5.41, 5.74) is -0.702. The smallest absolute Gasteiger partial charge is 0.338 e. The number of aldehydes is 1. The third-order valence-electron chi connectivity index (χ3n) is 1.92. The molecule has 0 spiro atoms. The molecule has 80 valence electrons. The average molecular weight is 214 g/mol. The summed E-state index contributed by atoms with van der Waals surface area (Å²) in [5.74, 6) is -4.10. The standard InChI is InChI=1S/C10H8F2O3/c11-8-6(2-1-5-13)3-4-7(9(8)12)10(14)15/h3-5H,1-2H2,(H,14,15). The van der Waals surface area contributed by atoms with E-state index in [0.717, 1.165) is 6.07 Å². The largest absolute Gasteiger partial charge is 0.478 e. The molecule has 0 amide bonds. The van der Waals surface area contributed by atoms with Crippen LogP contribution in [-0.2, 0) is 11.2 Å². The predicted octanol–water partition coefficient (Wildman–Crippen LogP) is 1.79. The number of hydrogen-bond acceptors (Lipinski definition) is 2. The molecule has 1 aromatic carbocycles. The van der Waals surface area contributed by atoms with Gasteiger partial charge >= 0.3 is 5.97 Å². The van der Waals surface area contributed by atoms with Crippen molar-refractivity contribution in [3.05, 3.63) is 34.9 Å². The Hall–Kier alpha value is -1.78. The van der Waals surface area contributed by atoms with Crippen LogP contribution in [-0.4, -0.2) is 17.4 Å². The zero-order valence-corrected chi connectivity index (χ0v) is 7.67. The number of hydrogen-bond donors (Lipinski definition) is 1. The monoisotopic (exact) mass is 214 g/mol. The van der Waals surface area contributed by atoms with Crippen molar-refractivity contribution in [2.45, 2.75) is 12.8 Å². The highest BCUT2D eigenvalue weighted by Crippen LogP contribution is 2.17. The van der Waals surface area contributed by atoms with Gasteiger partial charge in [0.05, 0.1) is 5.56 Å². The Labute approximate surface area is 84.3 Å². The number of carboxylic acids is 1. The fraction of sp³-hybridized carbons (Fsp3) is 0.200. The maximum atomic E-state index is 13.2. The molecule has 0 bridgehead atoms. The maximum absolute atomic E-state index is 13.2. The number of benzene rings is 1. The Morgan fingerprint density at radius 3 is 2.53 bits per heavy atom. The highest BCUT2D eigenvalue weighted by atomic mass is 19.2. The summed E-state index contributed by atoms with van der Waals surface area (Å²) in [6, 6.07) is 2.16. The number of carbonyl (C=O) groups excluding carboxylic acids is 1. The molecular weight excluding hydrogens is 206 g/mol. The summed E-state index contributed by atoms with van der Waals surface area (Å²) < 4.78 is 26.3. The van der Waals surface area contributed by atoms with E-state index < -0.39 is 23.2 Å². The van der Waals surface area contributed by atoms with Crippen LogP contribution in [0.4, 0.5) is 8.78 Å². The molecule has 0 aliphatic heterocycles. The lowest BCUT2D eigenvalue weighted by Gasteiger charge is -2.04. The second-order valence-corrected chi connectivity index (χ2v) is 2.91. The van der Waals surface area contributed by atoms with Gasteiger partial charge in [-0.15, -0.1) is 0 Å². The van der Waals surface area contributed by atoms with Gasteiger partial charge in [-0.3, -0.25) is 0 Å². The SMILES string of the molecule is O=CCCc1ccc(C(=O)O)c(F)c1F. The maximum Gasteiger partial charge on any atom is 0.338 e. The van der Waals surface area contributed by atoms with E-state index in [1.807, 2.05) is 0 Å². The zero-order chi connectivity index (χ0) is 11.4. The second kappa shape index (κ2) is 4.63. The van der Waals surface area contributed by atoms with Crippen molar-refractivity contribution in [1.82, 2.24) is 0 Å². The molecule has 0 unspecified atom stereocenters. The van der Waals surface area contributed by atoms with Crippen LogP contribution >= 0.6 is 0 Å². The van der Waals surface area contributed by atoms with E-state index in [1.54, 1.807) is 0 Å². The van der Waals surface area contributed by atoms with Gasteiger partial charge in [0.15, 0.2) is 11.6 Å². The predicted molar refractivity (Wildman–Crippen MR) is 47.7 cm³/mol. The third kappa shape index (κ3) is 2.37. The highest BCUT2D eigenvalue weighted by Gasteiger charge is 2.17. The normalized spacial score (nSPS) is 10.0. The Kier molecular flexibility index (Phi) is 3.49. The molecular formula is C10H8F2O3. The molecule has 0 saturated carbocycles.